The molecule has 2 aromatic heterocycles. The molecule has 0 spiro atoms. The van der Waals surface area contributed by atoms with Gasteiger partial charge in [-0.25, -0.2) is 4.98 Å². The van der Waals surface area contributed by atoms with Crippen molar-refractivity contribution >= 4 is 11.3 Å². The fourth-order valence-corrected chi connectivity index (χ4v) is 3.17. The van der Waals surface area contributed by atoms with E-state index in [2.05, 4.69) is 18.0 Å². The number of aryl methyl sites for hydroxylation is 1. The normalized spacial score (nSPS) is 10.6. The quantitative estimate of drug-likeness (QED) is 0.713. The van der Waals surface area contributed by atoms with Crippen molar-refractivity contribution < 1.29 is 4.74 Å². The van der Waals surface area contributed by atoms with Crippen molar-refractivity contribution in [2.24, 2.45) is 0 Å². The molecule has 0 aliphatic carbocycles. The minimum Gasteiger partial charge on any atom is -0.497 e. The van der Waals surface area contributed by atoms with Crippen molar-refractivity contribution in [3.8, 4) is 27.4 Å². The predicted molar refractivity (Wildman–Crippen MR) is 86.7 cm³/mol. The fraction of sp³-hybridized carbons (Fsp3) is 0.176. The number of hydrogen-bond acceptors (Lipinski definition) is 4. The Kier molecular flexibility index (Phi) is 3.97. The number of thiazole rings is 1. The summed E-state index contributed by atoms with van der Waals surface area (Å²) in [6.07, 6.45) is 4.62. The average molecular weight is 296 g/mol. The zero-order chi connectivity index (χ0) is 14.7. The van der Waals surface area contributed by atoms with Gasteiger partial charge in [0.25, 0.3) is 0 Å². The van der Waals surface area contributed by atoms with Crippen molar-refractivity contribution in [3.63, 3.8) is 0 Å². The molecule has 0 saturated carbocycles. The standard InChI is InChI=1S/C17H16N2OS/c1-3-15-19-16(12-6-8-14(20-2)9-7-12)17(21-15)13-5-4-10-18-11-13/h4-11H,3H2,1-2H3. The molecule has 3 rings (SSSR count). The number of ether oxygens (including phenoxy) is 1. The maximum Gasteiger partial charge on any atom is 0.118 e. The summed E-state index contributed by atoms with van der Waals surface area (Å²) in [5, 5.41) is 1.14. The van der Waals surface area contributed by atoms with Gasteiger partial charge in [-0.15, -0.1) is 11.3 Å². The number of methoxy groups -OCH3 is 1. The molecule has 2 heterocycles. The van der Waals surface area contributed by atoms with Gasteiger partial charge in [0, 0.05) is 23.5 Å². The van der Waals surface area contributed by atoms with E-state index in [0.29, 0.717) is 0 Å². The molecular formula is C17H16N2OS. The lowest BCUT2D eigenvalue weighted by Crippen LogP contribution is -1.86. The molecule has 106 valence electrons. The van der Waals surface area contributed by atoms with Crippen LogP contribution in [0.1, 0.15) is 11.9 Å². The molecule has 0 aliphatic rings. The first-order valence-corrected chi connectivity index (χ1v) is 7.68. The average Bonchev–Trinajstić information content (AvgIpc) is 3.00. The van der Waals surface area contributed by atoms with Crippen LogP contribution in [0.15, 0.2) is 48.8 Å². The lowest BCUT2D eigenvalue weighted by atomic mass is 10.1. The summed E-state index contributed by atoms with van der Waals surface area (Å²) < 4.78 is 5.22. The van der Waals surface area contributed by atoms with E-state index in [1.54, 1.807) is 24.6 Å². The summed E-state index contributed by atoms with van der Waals surface area (Å²) in [6, 6.07) is 12.1. The molecule has 0 saturated heterocycles. The van der Waals surface area contributed by atoms with E-state index >= 15 is 0 Å². The molecule has 21 heavy (non-hydrogen) atoms. The largest absolute Gasteiger partial charge is 0.497 e. The zero-order valence-electron chi connectivity index (χ0n) is 12.0. The van der Waals surface area contributed by atoms with Gasteiger partial charge in [-0.2, -0.15) is 0 Å². The zero-order valence-corrected chi connectivity index (χ0v) is 12.9. The lowest BCUT2D eigenvalue weighted by molar-refractivity contribution is 0.415. The van der Waals surface area contributed by atoms with Crippen LogP contribution in [0.5, 0.6) is 5.75 Å². The number of pyridine rings is 1. The maximum absolute atomic E-state index is 5.22. The molecule has 0 amide bonds. The van der Waals surface area contributed by atoms with E-state index in [-0.39, 0.29) is 0 Å². The van der Waals surface area contributed by atoms with E-state index in [9.17, 15) is 0 Å². The van der Waals surface area contributed by atoms with Crippen LogP contribution >= 0.6 is 11.3 Å². The monoisotopic (exact) mass is 296 g/mol. The summed E-state index contributed by atoms with van der Waals surface area (Å²) in [4.78, 5) is 10.2. The molecule has 0 atom stereocenters. The highest BCUT2D eigenvalue weighted by Crippen LogP contribution is 2.37. The SMILES string of the molecule is CCc1nc(-c2ccc(OC)cc2)c(-c2cccnc2)s1. The van der Waals surface area contributed by atoms with Gasteiger partial charge in [0.05, 0.1) is 22.7 Å². The van der Waals surface area contributed by atoms with Crippen molar-refractivity contribution in [1.82, 2.24) is 9.97 Å². The highest BCUT2D eigenvalue weighted by molar-refractivity contribution is 7.15. The van der Waals surface area contributed by atoms with Crippen LogP contribution in [0.25, 0.3) is 21.7 Å². The van der Waals surface area contributed by atoms with Crippen molar-refractivity contribution in [2.75, 3.05) is 7.11 Å². The second-order valence-electron chi connectivity index (χ2n) is 4.61. The molecule has 0 radical (unpaired) electrons. The first kappa shape index (κ1) is 13.8. The van der Waals surface area contributed by atoms with Crippen LogP contribution in [-0.2, 0) is 6.42 Å². The van der Waals surface area contributed by atoms with E-state index < -0.39 is 0 Å². The molecular weight excluding hydrogens is 280 g/mol. The number of benzene rings is 1. The van der Waals surface area contributed by atoms with Gasteiger partial charge in [-0.3, -0.25) is 4.98 Å². The molecule has 3 nitrogen and oxygen atoms in total. The summed E-state index contributed by atoms with van der Waals surface area (Å²) in [7, 11) is 1.67. The third-order valence-corrected chi connectivity index (χ3v) is 4.51. The Hall–Kier alpha value is -2.20. The highest BCUT2D eigenvalue weighted by Gasteiger charge is 2.14. The Morgan fingerprint density at radius 2 is 1.90 bits per heavy atom. The van der Waals surface area contributed by atoms with Gasteiger partial charge in [-0.1, -0.05) is 13.0 Å². The molecule has 3 aromatic rings. The second kappa shape index (κ2) is 6.06. The topological polar surface area (TPSA) is 35.0 Å². The van der Waals surface area contributed by atoms with Gasteiger partial charge >= 0.3 is 0 Å². The van der Waals surface area contributed by atoms with Crippen LogP contribution < -0.4 is 4.74 Å². The number of hydrogen-bond donors (Lipinski definition) is 0. The van der Waals surface area contributed by atoms with Crippen LogP contribution in [0.4, 0.5) is 0 Å². The van der Waals surface area contributed by atoms with Crippen molar-refractivity contribution in [3.05, 3.63) is 53.8 Å². The van der Waals surface area contributed by atoms with Gasteiger partial charge in [0.2, 0.25) is 0 Å². The van der Waals surface area contributed by atoms with Gasteiger partial charge in [0.15, 0.2) is 0 Å². The Morgan fingerprint density at radius 3 is 2.52 bits per heavy atom. The number of aromatic nitrogens is 2. The molecule has 0 N–H and O–H groups in total. The van der Waals surface area contributed by atoms with Crippen molar-refractivity contribution in [2.45, 2.75) is 13.3 Å². The minimum absolute atomic E-state index is 0.854. The lowest BCUT2D eigenvalue weighted by Gasteiger charge is -2.04. The minimum atomic E-state index is 0.854. The Bertz CT molecular complexity index is 720. The van der Waals surface area contributed by atoms with Gasteiger partial charge < -0.3 is 4.74 Å². The Labute approximate surface area is 128 Å². The summed E-state index contributed by atoms with van der Waals surface area (Å²) in [5.74, 6) is 0.854. The van der Waals surface area contributed by atoms with E-state index in [1.807, 2.05) is 36.5 Å². The smallest absolute Gasteiger partial charge is 0.118 e. The van der Waals surface area contributed by atoms with Gasteiger partial charge in [0.1, 0.15) is 5.75 Å². The molecule has 1 aromatic carbocycles. The highest BCUT2D eigenvalue weighted by atomic mass is 32.1. The first-order chi connectivity index (χ1) is 10.3. The summed E-state index contributed by atoms with van der Waals surface area (Å²) in [5.41, 5.74) is 3.23. The van der Waals surface area contributed by atoms with Crippen LogP contribution in [0.2, 0.25) is 0 Å². The van der Waals surface area contributed by atoms with E-state index in [0.717, 1.165) is 34.0 Å². The number of nitrogens with zero attached hydrogens (tertiary/aromatic N) is 2. The van der Waals surface area contributed by atoms with Crippen molar-refractivity contribution in [1.29, 1.82) is 0 Å². The number of rotatable bonds is 4. The Balaban J connectivity index is 2.10. The molecule has 0 bridgehead atoms. The summed E-state index contributed by atoms with van der Waals surface area (Å²) >= 11 is 1.74. The maximum atomic E-state index is 5.22. The summed E-state index contributed by atoms with van der Waals surface area (Å²) in [6.45, 7) is 2.13. The van der Waals surface area contributed by atoms with Crippen LogP contribution in [0, 0.1) is 0 Å². The molecule has 0 fully saturated rings. The third-order valence-electron chi connectivity index (χ3n) is 3.26. The second-order valence-corrected chi connectivity index (χ2v) is 5.69. The van der Waals surface area contributed by atoms with Gasteiger partial charge in [-0.05, 0) is 36.8 Å². The Morgan fingerprint density at radius 1 is 1.10 bits per heavy atom. The van der Waals surface area contributed by atoms with Crippen LogP contribution in [-0.4, -0.2) is 17.1 Å². The van der Waals surface area contributed by atoms with E-state index in [4.69, 9.17) is 9.72 Å². The third kappa shape index (κ3) is 2.81. The fourth-order valence-electron chi connectivity index (χ4n) is 2.15. The predicted octanol–water partition coefficient (Wildman–Crippen LogP) is 4.44. The molecule has 0 aliphatic heterocycles. The molecule has 0 unspecified atom stereocenters. The van der Waals surface area contributed by atoms with E-state index in [1.165, 1.54) is 4.88 Å². The van der Waals surface area contributed by atoms with Crippen LogP contribution in [0.3, 0.4) is 0 Å². The molecule has 4 heteroatoms. The first-order valence-electron chi connectivity index (χ1n) is 6.86.